The van der Waals surface area contributed by atoms with Gasteiger partial charge in [-0.15, -0.1) is 0 Å². The van der Waals surface area contributed by atoms with Gasteiger partial charge in [0.15, 0.2) is 0 Å². The van der Waals surface area contributed by atoms with Gasteiger partial charge in [-0.1, -0.05) is 12.1 Å². The molecular weight excluding hydrogens is 338 g/mol. The lowest BCUT2D eigenvalue weighted by atomic mass is 10.1. The Labute approximate surface area is 129 Å². The summed E-state index contributed by atoms with van der Waals surface area (Å²) >= 11 is 3.30. The highest BCUT2D eigenvalue weighted by Crippen LogP contribution is 2.18. The molecule has 2 rings (SSSR count). The van der Waals surface area contributed by atoms with Crippen molar-refractivity contribution in [2.45, 2.75) is 13.3 Å². The molecule has 0 aliphatic heterocycles. The average Bonchev–Trinajstić information content (AvgIpc) is 2.42. The lowest BCUT2D eigenvalue weighted by Gasteiger charge is -2.07. The largest absolute Gasteiger partial charge is 0.310 e. The minimum absolute atomic E-state index is 0.0294. The van der Waals surface area contributed by atoms with Gasteiger partial charge in [0.05, 0.1) is 11.3 Å². The van der Waals surface area contributed by atoms with Gasteiger partial charge in [-0.2, -0.15) is 0 Å². The fraction of sp³-hybridized carbons (Fsp3) is 0.143. The van der Waals surface area contributed by atoms with Crippen LogP contribution in [0.2, 0.25) is 0 Å². The van der Waals surface area contributed by atoms with E-state index in [-0.39, 0.29) is 18.0 Å². The number of hydrogen-bond acceptors (Lipinski definition) is 4. The van der Waals surface area contributed by atoms with Gasteiger partial charge in [0, 0.05) is 22.8 Å². The highest BCUT2D eigenvalue weighted by molar-refractivity contribution is 9.10. The molecule has 0 radical (unpaired) electrons. The van der Waals surface area contributed by atoms with Crippen LogP contribution in [0, 0.1) is 17.0 Å². The van der Waals surface area contributed by atoms with E-state index >= 15 is 0 Å². The number of rotatable bonds is 4. The molecule has 1 N–H and O–H groups in total. The quantitative estimate of drug-likeness (QED) is 0.678. The zero-order valence-electron chi connectivity index (χ0n) is 11.2. The molecule has 0 spiro atoms. The van der Waals surface area contributed by atoms with Crippen molar-refractivity contribution in [3.8, 4) is 0 Å². The molecule has 0 saturated carbocycles. The van der Waals surface area contributed by atoms with Gasteiger partial charge in [-0.3, -0.25) is 14.9 Å². The van der Waals surface area contributed by atoms with Crippen LogP contribution in [0.5, 0.6) is 0 Å². The Morgan fingerprint density at radius 1 is 1.43 bits per heavy atom. The minimum atomic E-state index is -0.484. The molecule has 1 aromatic heterocycles. The van der Waals surface area contributed by atoms with Crippen LogP contribution in [-0.4, -0.2) is 15.8 Å². The molecule has 0 aliphatic rings. The Hall–Kier alpha value is -2.28. The highest BCUT2D eigenvalue weighted by Gasteiger charge is 2.10. The number of nitro groups is 1. The summed E-state index contributed by atoms with van der Waals surface area (Å²) in [7, 11) is 0. The zero-order valence-corrected chi connectivity index (χ0v) is 12.8. The van der Waals surface area contributed by atoms with Crippen LogP contribution in [0.3, 0.4) is 0 Å². The predicted octanol–water partition coefficient (Wildman–Crippen LogP) is 3.24. The summed E-state index contributed by atoms with van der Waals surface area (Å²) in [6.07, 6.45) is 1.65. The van der Waals surface area contributed by atoms with Crippen LogP contribution in [-0.2, 0) is 11.2 Å². The number of non-ortho nitro benzene ring substituents is 1. The number of benzene rings is 1. The van der Waals surface area contributed by atoms with Gasteiger partial charge >= 0.3 is 0 Å². The molecule has 21 heavy (non-hydrogen) atoms. The Bertz CT molecular complexity index is 704. The molecule has 0 saturated heterocycles. The maximum absolute atomic E-state index is 12.0. The summed E-state index contributed by atoms with van der Waals surface area (Å²) in [4.78, 5) is 26.3. The van der Waals surface area contributed by atoms with Crippen molar-refractivity contribution in [2.75, 3.05) is 5.32 Å². The molecule has 0 atom stereocenters. The van der Waals surface area contributed by atoms with E-state index in [1.165, 1.54) is 12.1 Å². The van der Waals surface area contributed by atoms with Crippen LogP contribution in [0.4, 0.5) is 11.5 Å². The first-order chi connectivity index (χ1) is 9.95. The van der Waals surface area contributed by atoms with Crippen LogP contribution in [0.1, 0.15) is 11.1 Å². The first-order valence-electron chi connectivity index (χ1n) is 6.11. The average molecular weight is 350 g/mol. The van der Waals surface area contributed by atoms with Crippen molar-refractivity contribution < 1.29 is 9.72 Å². The number of carbonyl (C=O) groups is 1. The number of pyridine rings is 1. The van der Waals surface area contributed by atoms with E-state index in [0.717, 1.165) is 10.0 Å². The molecule has 0 unspecified atom stereocenters. The number of carbonyl (C=O) groups excluding carboxylic acids is 1. The Morgan fingerprint density at radius 3 is 2.86 bits per heavy atom. The molecular formula is C14H12BrN3O3. The Kier molecular flexibility index (Phi) is 4.64. The van der Waals surface area contributed by atoms with Crippen LogP contribution in [0.15, 0.2) is 41.0 Å². The summed E-state index contributed by atoms with van der Waals surface area (Å²) in [5.74, 6) is 0.210. The SMILES string of the molecule is Cc1cc(Br)cnc1NC(=O)Cc1cccc([N+](=O)[O-])c1. The van der Waals surface area contributed by atoms with Gasteiger partial charge in [-0.05, 0) is 40.0 Å². The summed E-state index contributed by atoms with van der Waals surface area (Å²) in [6.45, 7) is 1.83. The van der Waals surface area contributed by atoms with Gasteiger partial charge in [-0.25, -0.2) is 4.98 Å². The predicted molar refractivity (Wildman–Crippen MR) is 82.1 cm³/mol. The van der Waals surface area contributed by atoms with Crippen molar-refractivity contribution in [1.29, 1.82) is 0 Å². The topological polar surface area (TPSA) is 85.1 Å². The third-order valence-electron chi connectivity index (χ3n) is 2.79. The monoisotopic (exact) mass is 349 g/mol. The summed E-state index contributed by atoms with van der Waals surface area (Å²) in [5.41, 5.74) is 1.38. The number of aryl methyl sites for hydroxylation is 1. The standard InChI is InChI=1S/C14H12BrN3O3/c1-9-5-11(15)8-16-14(9)17-13(19)7-10-3-2-4-12(6-10)18(20)21/h2-6,8H,7H2,1H3,(H,16,17,19). The van der Waals surface area contributed by atoms with Crippen LogP contribution < -0.4 is 5.32 Å². The highest BCUT2D eigenvalue weighted by atomic mass is 79.9. The van der Waals surface area contributed by atoms with Crippen molar-refractivity contribution in [1.82, 2.24) is 4.98 Å². The maximum atomic E-state index is 12.0. The van der Waals surface area contributed by atoms with E-state index in [2.05, 4.69) is 26.2 Å². The van der Waals surface area contributed by atoms with Gasteiger partial charge in [0.2, 0.25) is 5.91 Å². The fourth-order valence-electron chi connectivity index (χ4n) is 1.81. The number of aromatic nitrogens is 1. The lowest BCUT2D eigenvalue weighted by molar-refractivity contribution is -0.384. The Morgan fingerprint density at radius 2 is 2.19 bits per heavy atom. The molecule has 0 aliphatic carbocycles. The third-order valence-corrected chi connectivity index (χ3v) is 3.22. The van der Waals surface area contributed by atoms with Crippen molar-refractivity contribution in [3.63, 3.8) is 0 Å². The van der Waals surface area contributed by atoms with Gasteiger partial charge in [0.1, 0.15) is 5.82 Å². The van der Waals surface area contributed by atoms with Gasteiger partial charge in [0.25, 0.3) is 5.69 Å². The molecule has 108 valence electrons. The first kappa shape index (κ1) is 15.1. The van der Waals surface area contributed by atoms with Crippen molar-refractivity contribution in [2.24, 2.45) is 0 Å². The second-order valence-electron chi connectivity index (χ2n) is 4.47. The molecule has 1 aromatic carbocycles. The molecule has 0 bridgehead atoms. The maximum Gasteiger partial charge on any atom is 0.269 e. The van der Waals surface area contributed by atoms with E-state index in [9.17, 15) is 14.9 Å². The fourth-order valence-corrected chi connectivity index (χ4v) is 2.26. The molecule has 1 heterocycles. The summed E-state index contributed by atoms with van der Waals surface area (Å²) < 4.78 is 0.830. The van der Waals surface area contributed by atoms with E-state index in [4.69, 9.17) is 0 Å². The Balaban J connectivity index is 2.08. The van der Waals surface area contributed by atoms with Crippen LogP contribution >= 0.6 is 15.9 Å². The molecule has 1 amide bonds. The minimum Gasteiger partial charge on any atom is -0.310 e. The molecule has 2 aromatic rings. The number of nitro benzene ring substituents is 1. The number of amides is 1. The third kappa shape index (κ3) is 4.09. The number of nitrogens with one attached hydrogen (secondary N) is 1. The van der Waals surface area contributed by atoms with E-state index in [1.807, 2.05) is 13.0 Å². The lowest BCUT2D eigenvalue weighted by Crippen LogP contribution is -2.16. The second-order valence-corrected chi connectivity index (χ2v) is 5.39. The molecule has 6 nitrogen and oxygen atoms in total. The van der Waals surface area contributed by atoms with Crippen molar-refractivity contribution in [3.05, 3.63) is 62.2 Å². The summed E-state index contributed by atoms with van der Waals surface area (Å²) in [6, 6.07) is 7.86. The van der Waals surface area contributed by atoms with E-state index < -0.39 is 4.92 Å². The number of anilines is 1. The van der Waals surface area contributed by atoms with Crippen LogP contribution in [0.25, 0.3) is 0 Å². The number of hydrogen-bond donors (Lipinski definition) is 1. The van der Waals surface area contributed by atoms with E-state index in [0.29, 0.717) is 11.4 Å². The van der Waals surface area contributed by atoms with Crippen molar-refractivity contribution >= 4 is 33.3 Å². The van der Waals surface area contributed by atoms with E-state index in [1.54, 1.807) is 18.3 Å². The molecule has 7 heteroatoms. The summed E-state index contributed by atoms with van der Waals surface area (Å²) in [5, 5.41) is 13.4. The number of halogens is 1. The smallest absolute Gasteiger partial charge is 0.269 e. The first-order valence-corrected chi connectivity index (χ1v) is 6.90. The second kappa shape index (κ2) is 6.45. The zero-order chi connectivity index (χ0) is 15.4. The normalized spacial score (nSPS) is 10.2. The van der Waals surface area contributed by atoms with Gasteiger partial charge < -0.3 is 5.32 Å². The molecule has 0 fully saturated rings. The number of nitrogens with zero attached hydrogens (tertiary/aromatic N) is 2.